The highest BCUT2D eigenvalue weighted by atomic mass is 35.5. The summed E-state index contributed by atoms with van der Waals surface area (Å²) >= 11 is 7.14. The van der Waals surface area contributed by atoms with Crippen LogP contribution < -0.4 is 16.0 Å². The number of halogens is 1. The standard InChI is InChI=1S/C21H15ClN2O5S/c1-11(12-5-3-2-4-6-12)29-13-7-8-14(22)16(9-13)24-19(25)17-15(23-21(24)28)10-30-18(17)20(26)27/h2-11H,1H3,(H,23,28)(H,26,27). The molecule has 0 aliphatic heterocycles. The van der Waals surface area contributed by atoms with Crippen LogP contribution in [-0.4, -0.2) is 20.6 Å². The summed E-state index contributed by atoms with van der Waals surface area (Å²) in [5.41, 5.74) is -0.259. The number of nitrogens with one attached hydrogen (secondary N) is 1. The molecule has 0 saturated carbocycles. The van der Waals surface area contributed by atoms with Crippen molar-refractivity contribution >= 4 is 39.8 Å². The molecule has 0 radical (unpaired) electrons. The third-order valence-corrected chi connectivity index (χ3v) is 5.87. The lowest BCUT2D eigenvalue weighted by atomic mass is 10.1. The van der Waals surface area contributed by atoms with E-state index in [4.69, 9.17) is 16.3 Å². The van der Waals surface area contributed by atoms with Crippen LogP contribution in [-0.2, 0) is 0 Å². The lowest BCUT2D eigenvalue weighted by Crippen LogP contribution is -2.34. The number of aromatic carboxylic acids is 1. The lowest BCUT2D eigenvalue weighted by Gasteiger charge is -2.16. The second kappa shape index (κ2) is 7.81. The number of aromatic nitrogens is 2. The zero-order valence-corrected chi connectivity index (χ0v) is 17.2. The van der Waals surface area contributed by atoms with Crippen molar-refractivity contribution in [3.63, 3.8) is 0 Å². The van der Waals surface area contributed by atoms with Crippen LogP contribution in [0.2, 0.25) is 5.02 Å². The predicted octanol–water partition coefficient (Wildman–Crippen LogP) is 4.23. The quantitative estimate of drug-likeness (QED) is 0.481. The van der Waals surface area contributed by atoms with Crippen LogP contribution in [0.25, 0.3) is 16.6 Å². The van der Waals surface area contributed by atoms with Crippen LogP contribution in [0.4, 0.5) is 0 Å². The Labute approximate surface area is 178 Å². The van der Waals surface area contributed by atoms with Gasteiger partial charge in [-0.25, -0.2) is 14.2 Å². The molecule has 2 heterocycles. The summed E-state index contributed by atoms with van der Waals surface area (Å²) in [7, 11) is 0. The van der Waals surface area contributed by atoms with E-state index >= 15 is 0 Å². The summed E-state index contributed by atoms with van der Waals surface area (Å²) in [5, 5.41) is 10.9. The molecule has 0 aliphatic carbocycles. The minimum Gasteiger partial charge on any atom is -0.486 e. The first-order valence-electron chi connectivity index (χ1n) is 8.88. The number of ether oxygens (including phenoxy) is 1. The number of rotatable bonds is 5. The van der Waals surface area contributed by atoms with Gasteiger partial charge in [-0.15, -0.1) is 11.3 Å². The highest BCUT2D eigenvalue weighted by molar-refractivity contribution is 7.13. The van der Waals surface area contributed by atoms with E-state index in [9.17, 15) is 19.5 Å². The number of hydrogen-bond donors (Lipinski definition) is 2. The van der Waals surface area contributed by atoms with Gasteiger partial charge in [-0.3, -0.25) is 4.79 Å². The molecule has 9 heteroatoms. The van der Waals surface area contributed by atoms with E-state index in [0.717, 1.165) is 21.5 Å². The van der Waals surface area contributed by atoms with Gasteiger partial charge in [0.15, 0.2) is 0 Å². The number of nitrogens with zero attached hydrogens (tertiary/aromatic N) is 1. The molecule has 152 valence electrons. The molecule has 4 aromatic rings. The largest absolute Gasteiger partial charge is 0.486 e. The number of thiophene rings is 1. The second-order valence-electron chi connectivity index (χ2n) is 6.51. The molecule has 0 spiro atoms. The van der Waals surface area contributed by atoms with Crippen molar-refractivity contribution in [3.05, 3.63) is 90.2 Å². The molecular weight excluding hydrogens is 428 g/mol. The molecule has 0 aliphatic rings. The molecule has 2 N–H and O–H groups in total. The Morgan fingerprint density at radius 1 is 1.20 bits per heavy atom. The van der Waals surface area contributed by atoms with Crippen LogP contribution in [0.1, 0.15) is 28.3 Å². The smallest absolute Gasteiger partial charge is 0.346 e. The highest BCUT2D eigenvalue weighted by Crippen LogP contribution is 2.28. The third kappa shape index (κ3) is 3.51. The SMILES string of the molecule is CC(Oc1ccc(Cl)c(-n2c(=O)[nH]c3csc(C(=O)O)c3c2=O)c1)c1ccccc1. The van der Waals surface area contributed by atoms with Gasteiger partial charge in [0.05, 0.1) is 21.6 Å². The number of aromatic amines is 1. The highest BCUT2D eigenvalue weighted by Gasteiger charge is 2.20. The Hall–Kier alpha value is -3.36. The van der Waals surface area contributed by atoms with Gasteiger partial charge >= 0.3 is 11.7 Å². The van der Waals surface area contributed by atoms with Gasteiger partial charge in [0.2, 0.25) is 0 Å². The van der Waals surface area contributed by atoms with Crippen LogP contribution in [0.3, 0.4) is 0 Å². The van der Waals surface area contributed by atoms with Crippen molar-refractivity contribution in [2.24, 2.45) is 0 Å². The van der Waals surface area contributed by atoms with Gasteiger partial charge in [0.25, 0.3) is 5.56 Å². The fourth-order valence-electron chi connectivity index (χ4n) is 3.15. The number of hydrogen-bond acceptors (Lipinski definition) is 5. The Morgan fingerprint density at radius 3 is 2.63 bits per heavy atom. The summed E-state index contributed by atoms with van der Waals surface area (Å²) in [5.74, 6) is -0.841. The first kappa shape index (κ1) is 19.9. The lowest BCUT2D eigenvalue weighted by molar-refractivity contribution is 0.0704. The van der Waals surface area contributed by atoms with Gasteiger partial charge in [-0.05, 0) is 24.6 Å². The van der Waals surface area contributed by atoms with Crippen LogP contribution >= 0.6 is 22.9 Å². The zero-order valence-electron chi connectivity index (χ0n) is 15.6. The maximum absolute atomic E-state index is 13.0. The summed E-state index contributed by atoms with van der Waals surface area (Å²) in [6.45, 7) is 1.87. The fourth-order valence-corrected chi connectivity index (χ4v) is 4.18. The maximum Gasteiger partial charge on any atom is 0.346 e. The van der Waals surface area contributed by atoms with Gasteiger partial charge < -0.3 is 14.8 Å². The number of carbonyl (C=O) groups is 1. The Bertz CT molecular complexity index is 1370. The predicted molar refractivity (Wildman–Crippen MR) is 115 cm³/mol. The zero-order chi connectivity index (χ0) is 21.4. The Morgan fingerprint density at radius 2 is 1.93 bits per heavy atom. The van der Waals surface area contributed by atoms with Gasteiger partial charge in [0, 0.05) is 11.4 Å². The Balaban J connectivity index is 1.83. The first-order valence-corrected chi connectivity index (χ1v) is 10.1. The number of fused-ring (bicyclic) bond motifs is 1. The van der Waals surface area contributed by atoms with Crippen LogP contribution in [0.15, 0.2) is 63.5 Å². The molecule has 30 heavy (non-hydrogen) atoms. The van der Waals surface area contributed by atoms with Gasteiger partial charge in [-0.2, -0.15) is 0 Å². The molecule has 2 aromatic carbocycles. The topological polar surface area (TPSA) is 101 Å². The molecule has 0 saturated heterocycles. The van der Waals surface area contributed by atoms with Crippen molar-refractivity contribution < 1.29 is 14.6 Å². The summed E-state index contributed by atoms with van der Waals surface area (Å²) < 4.78 is 6.78. The molecule has 1 atom stereocenters. The van der Waals surface area contributed by atoms with E-state index in [-0.39, 0.29) is 32.6 Å². The summed E-state index contributed by atoms with van der Waals surface area (Å²) in [6, 6.07) is 14.2. The van der Waals surface area contributed by atoms with Gasteiger partial charge in [-0.1, -0.05) is 41.9 Å². The van der Waals surface area contributed by atoms with Gasteiger partial charge in [0.1, 0.15) is 16.7 Å². The van der Waals surface area contributed by atoms with Crippen LogP contribution in [0.5, 0.6) is 5.75 Å². The molecular formula is C21H15ClN2O5S. The summed E-state index contributed by atoms with van der Waals surface area (Å²) in [4.78, 5) is 39.5. The summed E-state index contributed by atoms with van der Waals surface area (Å²) in [6.07, 6.45) is -0.284. The Kier molecular flexibility index (Phi) is 5.19. The van der Waals surface area contributed by atoms with E-state index in [1.165, 1.54) is 17.5 Å². The first-order chi connectivity index (χ1) is 14.4. The van der Waals surface area contributed by atoms with Crippen molar-refractivity contribution in [1.82, 2.24) is 9.55 Å². The van der Waals surface area contributed by atoms with Crippen LogP contribution in [0, 0.1) is 0 Å². The fraction of sp³-hybridized carbons (Fsp3) is 0.0952. The van der Waals surface area contributed by atoms with E-state index < -0.39 is 17.2 Å². The molecule has 0 amide bonds. The minimum atomic E-state index is -1.24. The van der Waals surface area contributed by atoms with E-state index in [0.29, 0.717) is 5.75 Å². The minimum absolute atomic E-state index is 0.0767. The normalized spacial score (nSPS) is 12.1. The van der Waals surface area contributed by atoms with Crippen molar-refractivity contribution in [3.8, 4) is 11.4 Å². The number of benzene rings is 2. The monoisotopic (exact) mass is 442 g/mol. The van der Waals surface area contributed by atoms with E-state index in [1.54, 1.807) is 6.07 Å². The molecule has 7 nitrogen and oxygen atoms in total. The maximum atomic E-state index is 13.0. The molecule has 2 aromatic heterocycles. The number of H-pyrrole nitrogens is 1. The number of carboxylic acids is 1. The van der Waals surface area contributed by atoms with E-state index in [1.807, 2.05) is 37.3 Å². The van der Waals surface area contributed by atoms with Crippen molar-refractivity contribution in [2.75, 3.05) is 0 Å². The molecule has 0 fully saturated rings. The average Bonchev–Trinajstić information content (AvgIpc) is 3.15. The van der Waals surface area contributed by atoms with Crippen molar-refractivity contribution in [2.45, 2.75) is 13.0 Å². The average molecular weight is 443 g/mol. The van der Waals surface area contributed by atoms with Crippen molar-refractivity contribution in [1.29, 1.82) is 0 Å². The van der Waals surface area contributed by atoms with E-state index in [2.05, 4.69) is 4.98 Å². The number of carboxylic acid groups (broad SMARTS) is 1. The molecule has 4 rings (SSSR count). The second-order valence-corrected chi connectivity index (χ2v) is 7.80. The molecule has 0 bridgehead atoms. The third-order valence-electron chi connectivity index (χ3n) is 4.59. The molecule has 1 unspecified atom stereocenters.